The molecule has 2 N–H and O–H groups in total. The molecule has 0 unspecified atom stereocenters. The van der Waals surface area contributed by atoms with Crippen molar-refractivity contribution in [3.8, 4) is 0 Å². The number of rotatable bonds is 8. The van der Waals surface area contributed by atoms with Gasteiger partial charge in [-0.3, -0.25) is 14.5 Å². The standard InChI is InChI=1S/C23H29N5O2S2/c1-3-28(4-2)23-26-22-19(32-23)14-18(31-22)21(30)25-17-10-12-27(13-11-17)15-20(29)24-16-8-6-5-7-9-16/h5-9,14,17H,3-4,10-13,15H2,1-2H3,(H,24,29)(H,25,30). The fourth-order valence-corrected chi connectivity index (χ4v) is 6.12. The summed E-state index contributed by atoms with van der Waals surface area (Å²) in [4.78, 5) is 35.7. The lowest BCUT2D eigenvalue weighted by atomic mass is 10.0. The Morgan fingerprint density at radius 3 is 2.50 bits per heavy atom. The van der Waals surface area contributed by atoms with Crippen molar-refractivity contribution >= 4 is 54.8 Å². The molecule has 7 nitrogen and oxygen atoms in total. The molecule has 1 aromatic carbocycles. The quantitative estimate of drug-likeness (QED) is 0.519. The molecule has 1 aliphatic rings. The molecule has 0 saturated carbocycles. The Labute approximate surface area is 196 Å². The molecule has 2 aromatic heterocycles. The van der Waals surface area contributed by atoms with E-state index in [1.807, 2.05) is 36.4 Å². The van der Waals surface area contributed by atoms with Crippen molar-refractivity contribution < 1.29 is 9.59 Å². The van der Waals surface area contributed by atoms with E-state index in [0.29, 0.717) is 6.54 Å². The first-order valence-corrected chi connectivity index (χ1v) is 12.7. The Hall–Kier alpha value is -2.49. The van der Waals surface area contributed by atoms with E-state index >= 15 is 0 Å². The zero-order valence-electron chi connectivity index (χ0n) is 18.5. The minimum Gasteiger partial charge on any atom is -0.349 e. The van der Waals surface area contributed by atoms with Crippen molar-refractivity contribution in [3.63, 3.8) is 0 Å². The molecule has 170 valence electrons. The molecular weight excluding hydrogens is 442 g/mol. The molecule has 3 heterocycles. The highest BCUT2D eigenvalue weighted by molar-refractivity contribution is 7.29. The van der Waals surface area contributed by atoms with Gasteiger partial charge in [-0.25, -0.2) is 4.98 Å². The maximum absolute atomic E-state index is 12.8. The van der Waals surface area contributed by atoms with Crippen LogP contribution in [0.2, 0.25) is 0 Å². The van der Waals surface area contributed by atoms with Crippen LogP contribution in [-0.2, 0) is 4.79 Å². The molecule has 9 heteroatoms. The van der Waals surface area contributed by atoms with Crippen LogP contribution in [0.3, 0.4) is 0 Å². The predicted octanol–water partition coefficient (Wildman–Crippen LogP) is 4.04. The van der Waals surface area contributed by atoms with Gasteiger partial charge in [-0.2, -0.15) is 0 Å². The number of hydrogen-bond donors (Lipinski definition) is 2. The first-order chi connectivity index (χ1) is 15.6. The molecule has 0 bridgehead atoms. The summed E-state index contributed by atoms with van der Waals surface area (Å²) in [5, 5.41) is 7.12. The number of para-hydroxylation sites is 1. The van der Waals surface area contributed by atoms with Crippen molar-refractivity contribution in [2.24, 2.45) is 0 Å². The van der Waals surface area contributed by atoms with Crippen molar-refractivity contribution in [2.75, 3.05) is 42.9 Å². The maximum atomic E-state index is 12.8. The topological polar surface area (TPSA) is 77.6 Å². The number of carbonyl (C=O) groups excluding carboxylic acids is 2. The number of nitrogens with zero attached hydrogens (tertiary/aromatic N) is 3. The van der Waals surface area contributed by atoms with Gasteiger partial charge in [0.15, 0.2) is 5.13 Å². The summed E-state index contributed by atoms with van der Waals surface area (Å²) >= 11 is 3.11. The number of benzene rings is 1. The second-order valence-electron chi connectivity index (χ2n) is 7.89. The second-order valence-corrected chi connectivity index (χ2v) is 9.93. The number of likely N-dealkylation sites (tertiary alicyclic amines) is 1. The molecule has 1 fully saturated rings. The molecular formula is C23H29N5O2S2. The Morgan fingerprint density at radius 2 is 1.84 bits per heavy atom. The van der Waals surface area contributed by atoms with Gasteiger partial charge in [-0.15, -0.1) is 11.3 Å². The monoisotopic (exact) mass is 471 g/mol. The largest absolute Gasteiger partial charge is 0.349 e. The normalized spacial score (nSPS) is 15.1. The van der Waals surface area contributed by atoms with E-state index in [9.17, 15) is 9.59 Å². The van der Waals surface area contributed by atoms with Crippen LogP contribution >= 0.6 is 22.7 Å². The van der Waals surface area contributed by atoms with Crippen molar-refractivity contribution in [1.82, 2.24) is 15.2 Å². The number of fused-ring (bicyclic) bond motifs is 1. The lowest BCUT2D eigenvalue weighted by Gasteiger charge is -2.31. The third-order valence-electron chi connectivity index (χ3n) is 5.68. The van der Waals surface area contributed by atoms with Gasteiger partial charge in [-0.1, -0.05) is 29.5 Å². The predicted molar refractivity (Wildman–Crippen MR) is 133 cm³/mol. The molecule has 1 aliphatic heterocycles. The second kappa shape index (κ2) is 10.4. The van der Waals surface area contributed by atoms with E-state index in [1.54, 1.807) is 11.3 Å². The summed E-state index contributed by atoms with van der Waals surface area (Å²) in [6.07, 6.45) is 1.68. The van der Waals surface area contributed by atoms with Crippen LogP contribution in [0.4, 0.5) is 10.8 Å². The summed E-state index contributed by atoms with van der Waals surface area (Å²) in [5.74, 6) is -0.0289. The van der Waals surface area contributed by atoms with Crippen LogP contribution in [0.5, 0.6) is 0 Å². The Kier molecular flexibility index (Phi) is 7.39. The third kappa shape index (κ3) is 5.46. The fraction of sp³-hybridized carbons (Fsp3) is 0.435. The molecule has 0 spiro atoms. The number of amides is 2. The van der Waals surface area contributed by atoms with Gasteiger partial charge in [0.05, 0.1) is 16.1 Å². The van der Waals surface area contributed by atoms with Crippen LogP contribution in [0.15, 0.2) is 36.4 Å². The van der Waals surface area contributed by atoms with E-state index < -0.39 is 0 Å². The van der Waals surface area contributed by atoms with Crippen molar-refractivity contribution in [3.05, 3.63) is 41.3 Å². The van der Waals surface area contributed by atoms with Crippen molar-refractivity contribution in [1.29, 1.82) is 0 Å². The van der Waals surface area contributed by atoms with Crippen LogP contribution in [0.25, 0.3) is 9.53 Å². The number of piperidine rings is 1. The van der Waals surface area contributed by atoms with E-state index in [-0.39, 0.29) is 17.9 Å². The Bertz CT molecular complexity index is 1020. The number of hydrogen-bond acceptors (Lipinski definition) is 7. The lowest BCUT2D eigenvalue weighted by molar-refractivity contribution is -0.117. The number of aromatic nitrogens is 1. The molecule has 1 saturated heterocycles. The van der Waals surface area contributed by atoms with Crippen LogP contribution in [0.1, 0.15) is 36.4 Å². The smallest absolute Gasteiger partial charge is 0.261 e. The summed E-state index contributed by atoms with van der Waals surface area (Å²) in [6.45, 7) is 8.06. The number of thiazole rings is 1. The average Bonchev–Trinajstić information content (AvgIpc) is 3.36. The van der Waals surface area contributed by atoms with Gasteiger partial charge in [0.1, 0.15) is 4.83 Å². The first kappa shape index (κ1) is 22.7. The fourth-order valence-electron chi connectivity index (χ4n) is 3.88. The van der Waals surface area contributed by atoms with Crippen LogP contribution in [0, 0.1) is 0 Å². The van der Waals surface area contributed by atoms with Gasteiger partial charge in [-0.05, 0) is 44.9 Å². The Morgan fingerprint density at radius 1 is 1.12 bits per heavy atom. The average molecular weight is 472 g/mol. The summed E-state index contributed by atoms with van der Waals surface area (Å²) in [5.41, 5.74) is 0.814. The van der Waals surface area contributed by atoms with Crippen molar-refractivity contribution in [2.45, 2.75) is 32.7 Å². The molecule has 0 radical (unpaired) electrons. The zero-order chi connectivity index (χ0) is 22.5. The molecule has 32 heavy (non-hydrogen) atoms. The zero-order valence-corrected chi connectivity index (χ0v) is 20.1. The van der Waals surface area contributed by atoms with E-state index in [0.717, 1.165) is 64.2 Å². The van der Waals surface area contributed by atoms with Gasteiger partial charge in [0, 0.05) is 37.9 Å². The molecule has 3 aromatic rings. The number of anilines is 2. The van der Waals surface area contributed by atoms with Gasteiger partial charge < -0.3 is 15.5 Å². The van der Waals surface area contributed by atoms with Gasteiger partial charge >= 0.3 is 0 Å². The number of nitrogens with one attached hydrogen (secondary N) is 2. The maximum Gasteiger partial charge on any atom is 0.261 e. The highest BCUT2D eigenvalue weighted by Crippen LogP contribution is 2.34. The summed E-state index contributed by atoms with van der Waals surface area (Å²) in [6, 6.07) is 11.6. The van der Waals surface area contributed by atoms with E-state index in [1.165, 1.54) is 11.3 Å². The summed E-state index contributed by atoms with van der Waals surface area (Å²) in [7, 11) is 0. The highest BCUT2D eigenvalue weighted by Gasteiger charge is 2.24. The minimum atomic E-state index is -0.0233. The molecule has 2 amide bonds. The van der Waals surface area contributed by atoms with Gasteiger partial charge in [0.2, 0.25) is 5.91 Å². The van der Waals surface area contributed by atoms with E-state index in [4.69, 9.17) is 4.98 Å². The number of thiophene rings is 1. The molecule has 4 rings (SSSR count). The lowest BCUT2D eigenvalue weighted by Crippen LogP contribution is -2.46. The summed E-state index contributed by atoms with van der Waals surface area (Å²) < 4.78 is 1.07. The number of carbonyl (C=O) groups is 2. The highest BCUT2D eigenvalue weighted by atomic mass is 32.1. The third-order valence-corrected chi connectivity index (χ3v) is 7.90. The van der Waals surface area contributed by atoms with Crippen LogP contribution < -0.4 is 15.5 Å². The van der Waals surface area contributed by atoms with Crippen LogP contribution in [-0.4, -0.2) is 60.5 Å². The van der Waals surface area contributed by atoms with Gasteiger partial charge in [0.25, 0.3) is 5.91 Å². The first-order valence-electron chi connectivity index (χ1n) is 11.1. The Balaban J connectivity index is 1.25. The van der Waals surface area contributed by atoms with E-state index in [2.05, 4.69) is 34.3 Å². The minimum absolute atomic E-state index is 0.00563. The molecule has 0 atom stereocenters. The SMILES string of the molecule is CCN(CC)c1nc2sc(C(=O)NC3CCN(CC(=O)Nc4ccccc4)CC3)cc2s1. The molecule has 0 aliphatic carbocycles.